The minimum absolute atomic E-state index is 0.147. The fourth-order valence-electron chi connectivity index (χ4n) is 3.96. The number of ether oxygens (including phenoxy) is 1. The molecule has 35 heavy (non-hydrogen) atoms. The van der Waals surface area contributed by atoms with Crippen LogP contribution < -0.4 is 0 Å². The lowest BCUT2D eigenvalue weighted by Gasteiger charge is -2.26. The number of rotatable bonds is 5. The number of aryl methyl sites for hydroxylation is 1. The highest BCUT2D eigenvalue weighted by Gasteiger charge is 2.35. The van der Waals surface area contributed by atoms with Crippen LogP contribution in [0.5, 0.6) is 0 Å². The average Bonchev–Trinajstić information content (AvgIpc) is 3.52. The summed E-state index contributed by atoms with van der Waals surface area (Å²) in [6, 6.07) is 10.9. The van der Waals surface area contributed by atoms with Crippen LogP contribution in [0.1, 0.15) is 29.3 Å². The van der Waals surface area contributed by atoms with E-state index in [1.807, 2.05) is 31.2 Å². The summed E-state index contributed by atoms with van der Waals surface area (Å²) < 4.78 is 37.8. The average molecular weight is 495 g/mol. The summed E-state index contributed by atoms with van der Waals surface area (Å²) in [7, 11) is -3.49. The molecule has 0 radical (unpaired) electrons. The molecule has 2 aromatic rings. The van der Waals surface area contributed by atoms with Crippen molar-refractivity contribution in [3.63, 3.8) is 0 Å². The van der Waals surface area contributed by atoms with Gasteiger partial charge < -0.3 is 14.1 Å². The SMILES string of the molecule is Cc1ccc(C2=NN(C(=O)COC(=O)C3=CN4CCS(=O)(=O)N=C4C=C3)C(c3ccco3)C2)cc1. The molecule has 1 aromatic carbocycles. The van der Waals surface area contributed by atoms with E-state index in [9.17, 15) is 18.0 Å². The van der Waals surface area contributed by atoms with Crippen LogP contribution in [0, 0.1) is 6.92 Å². The Balaban J connectivity index is 1.29. The van der Waals surface area contributed by atoms with E-state index in [0.29, 0.717) is 12.2 Å². The van der Waals surface area contributed by atoms with Gasteiger partial charge in [-0.1, -0.05) is 29.8 Å². The van der Waals surface area contributed by atoms with Crippen LogP contribution in [0.3, 0.4) is 0 Å². The molecule has 3 aliphatic rings. The normalized spacial score (nSPS) is 20.6. The van der Waals surface area contributed by atoms with E-state index in [4.69, 9.17) is 9.15 Å². The third-order valence-corrected chi connectivity index (χ3v) is 6.97. The molecule has 0 fully saturated rings. The number of carbonyl (C=O) groups is 2. The molecule has 10 nitrogen and oxygen atoms in total. The molecule has 1 unspecified atom stereocenters. The van der Waals surface area contributed by atoms with E-state index in [2.05, 4.69) is 9.50 Å². The van der Waals surface area contributed by atoms with Gasteiger partial charge in [0.15, 0.2) is 6.61 Å². The second-order valence-electron chi connectivity index (χ2n) is 8.31. The van der Waals surface area contributed by atoms with Crippen molar-refractivity contribution in [3.8, 4) is 0 Å². The van der Waals surface area contributed by atoms with E-state index in [1.54, 1.807) is 17.0 Å². The number of hydrogen-bond acceptors (Lipinski definition) is 8. The summed E-state index contributed by atoms with van der Waals surface area (Å²) >= 11 is 0. The predicted molar refractivity (Wildman–Crippen MR) is 127 cm³/mol. The first-order valence-electron chi connectivity index (χ1n) is 11.0. The van der Waals surface area contributed by atoms with Crippen molar-refractivity contribution in [1.82, 2.24) is 9.91 Å². The van der Waals surface area contributed by atoms with Crippen LogP contribution in [-0.2, 0) is 24.3 Å². The van der Waals surface area contributed by atoms with Crippen molar-refractivity contribution in [2.24, 2.45) is 9.50 Å². The van der Waals surface area contributed by atoms with Gasteiger partial charge in [0.2, 0.25) is 0 Å². The lowest BCUT2D eigenvalue weighted by molar-refractivity contribution is -0.149. The van der Waals surface area contributed by atoms with Gasteiger partial charge in [-0.15, -0.1) is 4.40 Å². The maximum atomic E-state index is 13.0. The standard InChI is InChI=1S/C24H22N4O6S/c1-16-4-6-17(7-5-16)19-13-20(21-3-2-11-33-21)28(25-19)23(29)15-34-24(30)18-8-9-22-26-35(31,32)12-10-27(22)14-18/h2-9,11,14,20H,10,12-13,15H2,1H3. The molecule has 1 amide bonds. The van der Waals surface area contributed by atoms with E-state index < -0.39 is 34.5 Å². The van der Waals surface area contributed by atoms with Crippen molar-refractivity contribution in [2.75, 3.05) is 18.9 Å². The van der Waals surface area contributed by atoms with Crippen molar-refractivity contribution in [2.45, 2.75) is 19.4 Å². The maximum absolute atomic E-state index is 13.0. The highest BCUT2D eigenvalue weighted by atomic mass is 32.2. The van der Waals surface area contributed by atoms with E-state index in [0.717, 1.165) is 16.8 Å². The number of hydrogen-bond donors (Lipinski definition) is 0. The van der Waals surface area contributed by atoms with Crippen LogP contribution in [0.25, 0.3) is 0 Å². The van der Waals surface area contributed by atoms with Gasteiger partial charge >= 0.3 is 5.97 Å². The molecule has 0 aliphatic carbocycles. The Morgan fingerprint density at radius 1 is 1.17 bits per heavy atom. The van der Waals surface area contributed by atoms with Gasteiger partial charge in [-0.2, -0.15) is 5.10 Å². The van der Waals surface area contributed by atoms with Crippen LogP contribution in [0.15, 0.2) is 80.5 Å². The number of carbonyl (C=O) groups excluding carboxylic acids is 2. The summed E-state index contributed by atoms with van der Waals surface area (Å²) in [6.07, 6.45) is 6.31. The molecule has 0 N–H and O–H groups in total. The third kappa shape index (κ3) is 4.80. The monoisotopic (exact) mass is 494 g/mol. The van der Waals surface area contributed by atoms with E-state index in [1.165, 1.54) is 29.6 Å². The summed E-state index contributed by atoms with van der Waals surface area (Å²) in [4.78, 5) is 27.2. The number of hydrazone groups is 1. The van der Waals surface area contributed by atoms with Gasteiger partial charge in [0.25, 0.3) is 15.9 Å². The zero-order chi connectivity index (χ0) is 24.6. The van der Waals surface area contributed by atoms with Crippen LogP contribution in [-0.4, -0.2) is 60.7 Å². The summed E-state index contributed by atoms with van der Waals surface area (Å²) in [6.45, 7) is 1.66. The van der Waals surface area contributed by atoms with Crippen LogP contribution in [0.4, 0.5) is 0 Å². The zero-order valence-corrected chi connectivity index (χ0v) is 19.6. The molecule has 1 aromatic heterocycles. The quantitative estimate of drug-likeness (QED) is 0.585. The van der Waals surface area contributed by atoms with Gasteiger partial charge in [-0.05, 0) is 36.8 Å². The Morgan fingerprint density at radius 3 is 2.71 bits per heavy atom. The van der Waals surface area contributed by atoms with Crippen LogP contribution >= 0.6 is 0 Å². The van der Waals surface area contributed by atoms with Crippen molar-refractivity contribution < 1.29 is 27.2 Å². The number of sulfonamides is 1. The molecular formula is C24H22N4O6S. The third-order valence-electron chi connectivity index (χ3n) is 5.81. The summed E-state index contributed by atoms with van der Waals surface area (Å²) in [5.41, 5.74) is 2.93. The smallest absolute Gasteiger partial charge is 0.340 e. The number of amides is 1. The minimum Gasteiger partial charge on any atom is -0.467 e. The number of furan rings is 1. The Hall–Kier alpha value is -3.99. The van der Waals surface area contributed by atoms with Crippen molar-refractivity contribution >= 4 is 33.4 Å². The maximum Gasteiger partial charge on any atom is 0.340 e. The fourth-order valence-corrected chi connectivity index (χ4v) is 4.93. The Kier molecular flexibility index (Phi) is 5.85. The number of amidine groups is 1. The highest BCUT2D eigenvalue weighted by molar-refractivity contribution is 7.90. The summed E-state index contributed by atoms with van der Waals surface area (Å²) in [5, 5.41) is 5.82. The molecule has 1 atom stereocenters. The van der Waals surface area contributed by atoms with Crippen LogP contribution in [0.2, 0.25) is 0 Å². The molecule has 0 spiro atoms. The molecule has 3 aliphatic heterocycles. The Labute approximate surface area is 201 Å². The second kappa shape index (κ2) is 8.99. The highest BCUT2D eigenvalue weighted by Crippen LogP contribution is 2.33. The molecule has 0 saturated heterocycles. The lowest BCUT2D eigenvalue weighted by atomic mass is 10.0. The molecular weight excluding hydrogens is 472 g/mol. The first-order valence-corrected chi connectivity index (χ1v) is 12.6. The predicted octanol–water partition coefficient (Wildman–Crippen LogP) is 2.31. The number of esters is 1. The van der Waals surface area contributed by atoms with E-state index >= 15 is 0 Å². The molecule has 0 saturated carbocycles. The number of benzene rings is 1. The van der Waals surface area contributed by atoms with Crippen molar-refractivity contribution in [3.05, 3.63) is 83.5 Å². The topological polar surface area (TPSA) is 122 Å². The molecule has 4 heterocycles. The zero-order valence-electron chi connectivity index (χ0n) is 18.8. The number of nitrogens with zero attached hydrogens (tertiary/aromatic N) is 4. The van der Waals surface area contributed by atoms with Gasteiger partial charge in [0.05, 0.1) is 23.3 Å². The Bertz CT molecular complexity index is 1390. The minimum atomic E-state index is -3.49. The van der Waals surface area contributed by atoms with Gasteiger partial charge in [-0.3, -0.25) is 4.79 Å². The fraction of sp³-hybridized carbons (Fsp3) is 0.250. The lowest BCUT2D eigenvalue weighted by Crippen LogP contribution is -2.37. The Morgan fingerprint density at radius 2 is 1.97 bits per heavy atom. The summed E-state index contributed by atoms with van der Waals surface area (Å²) in [5.74, 6) is -0.529. The van der Waals surface area contributed by atoms with Crippen molar-refractivity contribution in [1.29, 1.82) is 0 Å². The molecule has 5 rings (SSSR count). The molecule has 0 bridgehead atoms. The van der Waals surface area contributed by atoms with Gasteiger partial charge in [0, 0.05) is 19.2 Å². The largest absolute Gasteiger partial charge is 0.467 e. The van der Waals surface area contributed by atoms with Gasteiger partial charge in [-0.25, -0.2) is 18.2 Å². The first kappa shape index (κ1) is 22.8. The first-order chi connectivity index (χ1) is 16.8. The molecule has 11 heteroatoms. The van der Waals surface area contributed by atoms with E-state index in [-0.39, 0.29) is 23.7 Å². The van der Waals surface area contributed by atoms with Gasteiger partial charge in [0.1, 0.15) is 17.6 Å². The second-order valence-corrected chi connectivity index (χ2v) is 10.1. The molecule has 180 valence electrons. The number of fused-ring (bicyclic) bond motifs is 1.